The summed E-state index contributed by atoms with van der Waals surface area (Å²) < 4.78 is 6.19. The first-order chi connectivity index (χ1) is 16.4. The third-order valence-corrected chi connectivity index (χ3v) is 6.23. The van der Waals surface area contributed by atoms with E-state index in [0.29, 0.717) is 33.1 Å². The summed E-state index contributed by atoms with van der Waals surface area (Å²) in [5.74, 6) is -0.109. The number of benzene rings is 2. The van der Waals surface area contributed by atoms with Crippen molar-refractivity contribution in [1.29, 1.82) is 0 Å². The second-order valence-electron chi connectivity index (χ2n) is 8.14. The van der Waals surface area contributed by atoms with Crippen LogP contribution in [0.3, 0.4) is 0 Å². The Morgan fingerprint density at radius 2 is 2.06 bits per heavy atom. The number of fused-ring (bicyclic) bond motifs is 2. The Bertz CT molecular complexity index is 1500. The average molecular weight is 476 g/mol. The molecule has 0 unspecified atom stereocenters. The van der Waals surface area contributed by atoms with Gasteiger partial charge in [-0.2, -0.15) is 0 Å². The van der Waals surface area contributed by atoms with Gasteiger partial charge in [0.15, 0.2) is 0 Å². The molecule has 0 bridgehead atoms. The molecule has 0 atom stereocenters. The van der Waals surface area contributed by atoms with Crippen molar-refractivity contribution in [2.75, 3.05) is 19.0 Å². The van der Waals surface area contributed by atoms with Gasteiger partial charge in [-0.3, -0.25) is 9.36 Å². The Labute approximate surface area is 200 Å². The molecule has 1 aliphatic heterocycles. The Hall–Kier alpha value is -3.75. The number of aromatic nitrogens is 3. The second-order valence-corrected chi connectivity index (χ2v) is 8.54. The summed E-state index contributed by atoms with van der Waals surface area (Å²) in [6.45, 7) is 3.68. The predicted octanol–water partition coefficient (Wildman–Crippen LogP) is 3.92. The van der Waals surface area contributed by atoms with E-state index in [2.05, 4.69) is 32.7 Å². The topological polar surface area (TPSA) is 98.1 Å². The van der Waals surface area contributed by atoms with Crippen LogP contribution in [0.4, 0.5) is 11.6 Å². The molecule has 0 radical (unpaired) electrons. The number of pyridine rings is 1. The first-order valence-corrected chi connectivity index (χ1v) is 11.2. The van der Waals surface area contributed by atoms with Crippen LogP contribution in [-0.2, 0) is 17.7 Å². The Kier molecular flexibility index (Phi) is 5.77. The van der Waals surface area contributed by atoms with Crippen molar-refractivity contribution < 1.29 is 9.53 Å². The highest BCUT2D eigenvalue weighted by Crippen LogP contribution is 2.25. The molecular weight excluding hydrogens is 454 g/mol. The lowest BCUT2D eigenvalue weighted by molar-refractivity contribution is 0.0600. The van der Waals surface area contributed by atoms with E-state index < -0.39 is 5.97 Å². The molecule has 2 aromatic carbocycles. The fourth-order valence-electron chi connectivity index (χ4n) is 4.15. The van der Waals surface area contributed by atoms with E-state index in [1.54, 1.807) is 18.3 Å². The quantitative estimate of drug-likeness (QED) is 0.432. The molecule has 0 amide bonds. The molecular formula is C25H22ClN5O3. The van der Waals surface area contributed by atoms with E-state index in [1.165, 1.54) is 35.1 Å². The van der Waals surface area contributed by atoms with Crippen molar-refractivity contribution in [2.24, 2.45) is 0 Å². The number of nitrogens with one attached hydrogen (secondary N) is 2. The maximum absolute atomic E-state index is 13.3. The molecule has 2 N–H and O–H groups in total. The zero-order valence-electron chi connectivity index (χ0n) is 18.7. The number of esters is 1. The average Bonchev–Trinajstić information content (AvgIpc) is 2.86. The molecule has 4 aromatic rings. The molecule has 172 valence electrons. The van der Waals surface area contributed by atoms with Gasteiger partial charge in [0.2, 0.25) is 5.95 Å². The summed E-state index contributed by atoms with van der Waals surface area (Å²) in [7, 11) is 1.30. The third kappa shape index (κ3) is 4.02. The molecule has 5 rings (SSSR count). The number of nitrogens with zero attached hydrogens (tertiary/aromatic N) is 3. The Balaban J connectivity index is 1.53. The minimum absolute atomic E-state index is 0.294. The van der Waals surface area contributed by atoms with E-state index in [4.69, 9.17) is 16.3 Å². The zero-order chi connectivity index (χ0) is 23.8. The third-order valence-electron chi connectivity index (χ3n) is 5.91. The molecule has 0 aliphatic carbocycles. The lowest BCUT2D eigenvalue weighted by Gasteiger charge is -2.18. The molecule has 2 aromatic heterocycles. The van der Waals surface area contributed by atoms with Crippen LogP contribution in [0.25, 0.3) is 16.6 Å². The molecule has 3 heterocycles. The van der Waals surface area contributed by atoms with Gasteiger partial charge < -0.3 is 15.4 Å². The number of carbonyl (C=O) groups excluding carboxylic acids is 1. The van der Waals surface area contributed by atoms with Crippen molar-refractivity contribution in [1.82, 2.24) is 19.9 Å². The van der Waals surface area contributed by atoms with Gasteiger partial charge in [0, 0.05) is 24.6 Å². The summed E-state index contributed by atoms with van der Waals surface area (Å²) >= 11 is 6.36. The van der Waals surface area contributed by atoms with Gasteiger partial charge >= 0.3 is 5.97 Å². The number of rotatable bonds is 4. The van der Waals surface area contributed by atoms with Crippen LogP contribution in [-0.4, -0.2) is 34.2 Å². The number of ether oxygens (including phenoxy) is 1. The van der Waals surface area contributed by atoms with E-state index in [1.807, 2.05) is 13.0 Å². The lowest BCUT2D eigenvalue weighted by Crippen LogP contribution is -2.23. The minimum atomic E-state index is -0.513. The van der Waals surface area contributed by atoms with Crippen LogP contribution in [0.1, 0.15) is 27.0 Å². The maximum Gasteiger partial charge on any atom is 0.337 e. The summed E-state index contributed by atoms with van der Waals surface area (Å²) in [5, 5.41) is 7.29. The van der Waals surface area contributed by atoms with Crippen LogP contribution in [0.15, 0.2) is 53.6 Å². The van der Waals surface area contributed by atoms with Gasteiger partial charge in [0.05, 0.1) is 34.3 Å². The van der Waals surface area contributed by atoms with Crippen LogP contribution in [0.2, 0.25) is 5.02 Å². The number of aryl methyl sites for hydroxylation is 1. The zero-order valence-corrected chi connectivity index (χ0v) is 19.4. The summed E-state index contributed by atoms with van der Waals surface area (Å²) in [5.41, 5.74) is 5.12. The van der Waals surface area contributed by atoms with Crippen LogP contribution >= 0.6 is 11.6 Å². The number of carbonyl (C=O) groups is 1. The van der Waals surface area contributed by atoms with Crippen LogP contribution in [0.5, 0.6) is 0 Å². The van der Waals surface area contributed by atoms with Crippen molar-refractivity contribution in [3.8, 4) is 5.69 Å². The van der Waals surface area contributed by atoms with Crippen molar-refractivity contribution >= 4 is 40.1 Å². The smallest absolute Gasteiger partial charge is 0.337 e. The van der Waals surface area contributed by atoms with Crippen LogP contribution < -0.4 is 16.2 Å². The standard InChI is InChI=1S/C25H22ClN5O3/c1-14-13-31(21-10-16(24(33)34-2)4-6-20(21)26)23(32)19-12-28-25(30-22(14)19)29-18-5-3-15-7-8-27-11-17(15)9-18/h3-6,9-10,12-13,27H,7-8,11H2,1-2H3,(H,28,29,30). The number of methoxy groups -OCH3 is 1. The highest BCUT2D eigenvalue weighted by molar-refractivity contribution is 6.32. The molecule has 34 heavy (non-hydrogen) atoms. The fourth-order valence-corrected chi connectivity index (χ4v) is 4.36. The molecule has 1 aliphatic rings. The number of hydrogen-bond acceptors (Lipinski definition) is 7. The number of halogens is 1. The highest BCUT2D eigenvalue weighted by Gasteiger charge is 2.16. The Morgan fingerprint density at radius 3 is 2.88 bits per heavy atom. The SMILES string of the molecule is COC(=O)c1ccc(Cl)c(-n2cc(C)c3nc(Nc4ccc5c(c4)CNCC5)ncc3c2=O)c1. The van der Waals surface area contributed by atoms with Crippen molar-refractivity contribution in [2.45, 2.75) is 19.9 Å². The molecule has 0 saturated carbocycles. The van der Waals surface area contributed by atoms with E-state index in [0.717, 1.165) is 30.8 Å². The van der Waals surface area contributed by atoms with E-state index in [9.17, 15) is 9.59 Å². The van der Waals surface area contributed by atoms with Crippen molar-refractivity contribution in [3.63, 3.8) is 0 Å². The lowest BCUT2D eigenvalue weighted by atomic mass is 10.0. The summed E-state index contributed by atoms with van der Waals surface area (Å²) in [4.78, 5) is 34.2. The van der Waals surface area contributed by atoms with E-state index in [-0.39, 0.29) is 5.56 Å². The van der Waals surface area contributed by atoms with Gasteiger partial charge in [0.25, 0.3) is 5.56 Å². The summed E-state index contributed by atoms with van der Waals surface area (Å²) in [6, 6.07) is 10.9. The Morgan fingerprint density at radius 1 is 1.21 bits per heavy atom. The minimum Gasteiger partial charge on any atom is -0.465 e. The normalized spacial score (nSPS) is 12.9. The number of hydrogen-bond donors (Lipinski definition) is 2. The number of anilines is 2. The fraction of sp³-hybridized carbons (Fsp3) is 0.200. The van der Waals surface area contributed by atoms with E-state index >= 15 is 0 Å². The molecule has 0 saturated heterocycles. The summed E-state index contributed by atoms with van der Waals surface area (Å²) in [6.07, 6.45) is 4.18. The monoisotopic (exact) mass is 475 g/mol. The molecule has 0 fully saturated rings. The maximum atomic E-state index is 13.3. The van der Waals surface area contributed by atoms with Gasteiger partial charge in [-0.25, -0.2) is 14.8 Å². The van der Waals surface area contributed by atoms with Gasteiger partial charge in [-0.1, -0.05) is 17.7 Å². The van der Waals surface area contributed by atoms with Gasteiger partial charge in [0.1, 0.15) is 0 Å². The van der Waals surface area contributed by atoms with Gasteiger partial charge in [-0.05, 0) is 66.9 Å². The first-order valence-electron chi connectivity index (χ1n) is 10.8. The largest absolute Gasteiger partial charge is 0.465 e. The van der Waals surface area contributed by atoms with Crippen LogP contribution in [0, 0.1) is 6.92 Å². The van der Waals surface area contributed by atoms with Gasteiger partial charge in [-0.15, -0.1) is 0 Å². The van der Waals surface area contributed by atoms with Crippen molar-refractivity contribution in [3.05, 3.63) is 86.4 Å². The molecule has 0 spiro atoms. The highest BCUT2D eigenvalue weighted by atomic mass is 35.5. The predicted molar refractivity (Wildman–Crippen MR) is 131 cm³/mol. The molecule has 9 heteroatoms. The molecule has 8 nitrogen and oxygen atoms in total. The second kappa shape index (κ2) is 8.89. The first kappa shape index (κ1) is 22.1.